The van der Waals surface area contributed by atoms with Gasteiger partial charge in [0.25, 0.3) is 0 Å². The Morgan fingerprint density at radius 1 is 1.41 bits per heavy atom. The first-order chi connectivity index (χ1) is 8.09. The molecule has 0 saturated heterocycles. The van der Waals surface area contributed by atoms with E-state index in [0.29, 0.717) is 5.69 Å². The zero-order valence-electron chi connectivity index (χ0n) is 10.2. The van der Waals surface area contributed by atoms with Gasteiger partial charge in [-0.15, -0.1) is 0 Å². The summed E-state index contributed by atoms with van der Waals surface area (Å²) in [6.45, 7) is 5.88. The largest absolute Gasteiger partial charge is 0.396 e. The average Bonchev–Trinajstić information content (AvgIpc) is 2.62. The second-order valence-electron chi connectivity index (χ2n) is 4.07. The van der Waals surface area contributed by atoms with Crippen LogP contribution in [0.5, 0.6) is 0 Å². The Bertz CT molecular complexity index is 501. The molecule has 0 aliphatic rings. The van der Waals surface area contributed by atoms with Crippen molar-refractivity contribution in [3.8, 4) is 0 Å². The maximum atomic E-state index is 5.83. The maximum absolute atomic E-state index is 5.83. The summed E-state index contributed by atoms with van der Waals surface area (Å²) in [7, 11) is 0. The van der Waals surface area contributed by atoms with Crippen LogP contribution in [0.2, 0.25) is 0 Å². The van der Waals surface area contributed by atoms with Gasteiger partial charge in [-0.1, -0.05) is 5.16 Å². The van der Waals surface area contributed by atoms with Crippen molar-refractivity contribution in [3.63, 3.8) is 0 Å². The van der Waals surface area contributed by atoms with Crippen LogP contribution < -0.4 is 11.1 Å². The Morgan fingerprint density at radius 2 is 2.18 bits per heavy atom. The van der Waals surface area contributed by atoms with Crippen molar-refractivity contribution < 1.29 is 4.52 Å². The fraction of sp³-hybridized carbons (Fsp3) is 0.333. The van der Waals surface area contributed by atoms with E-state index < -0.39 is 0 Å². The van der Waals surface area contributed by atoms with Crippen molar-refractivity contribution >= 4 is 11.4 Å². The van der Waals surface area contributed by atoms with E-state index in [9.17, 15) is 0 Å². The fourth-order valence-electron chi connectivity index (χ4n) is 1.95. The van der Waals surface area contributed by atoms with Gasteiger partial charge in [0.15, 0.2) is 0 Å². The topological polar surface area (TPSA) is 77.0 Å². The first-order valence-corrected chi connectivity index (χ1v) is 5.48. The molecule has 5 heteroatoms. The highest BCUT2D eigenvalue weighted by Gasteiger charge is 2.16. The van der Waals surface area contributed by atoms with E-state index in [1.807, 2.05) is 26.8 Å². The van der Waals surface area contributed by atoms with E-state index in [-0.39, 0.29) is 6.04 Å². The molecule has 2 rings (SSSR count). The summed E-state index contributed by atoms with van der Waals surface area (Å²) in [4.78, 5) is 3.95. The van der Waals surface area contributed by atoms with Crippen LogP contribution in [0.15, 0.2) is 23.0 Å². The number of rotatable bonds is 3. The number of hydrogen-bond donors (Lipinski definition) is 2. The molecule has 2 heterocycles. The molecule has 1 unspecified atom stereocenters. The molecule has 0 aromatic carbocycles. The molecule has 1 atom stereocenters. The third-order valence-corrected chi connectivity index (χ3v) is 2.75. The standard InChI is InChI=1S/C12H16N4O/c1-7(12-8(2)16-17-9(12)3)15-11-4-5-14-6-10(11)13/h4-7H,13H2,1-3H3,(H,14,15). The Kier molecular flexibility index (Phi) is 2.99. The molecule has 0 aliphatic heterocycles. The summed E-state index contributed by atoms with van der Waals surface area (Å²) in [5, 5.41) is 7.27. The zero-order valence-corrected chi connectivity index (χ0v) is 10.2. The Morgan fingerprint density at radius 3 is 2.76 bits per heavy atom. The van der Waals surface area contributed by atoms with Crippen molar-refractivity contribution in [2.75, 3.05) is 11.1 Å². The Balaban J connectivity index is 2.23. The lowest BCUT2D eigenvalue weighted by Crippen LogP contribution is -2.10. The lowest BCUT2D eigenvalue weighted by Gasteiger charge is -2.16. The minimum atomic E-state index is 0.0888. The first kappa shape index (κ1) is 11.4. The number of nitrogens with zero attached hydrogens (tertiary/aromatic N) is 2. The van der Waals surface area contributed by atoms with Gasteiger partial charge in [0.2, 0.25) is 0 Å². The molecule has 0 bridgehead atoms. The zero-order chi connectivity index (χ0) is 12.4. The molecule has 0 amide bonds. The molecular formula is C12H16N4O. The molecule has 90 valence electrons. The summed E-state index contributed by atoms with van der Waals surface area (Å²) >= 11 is 0. The molecule has 2 aromatic heterocycles. The smallest absolute Gasteiger partial charge is 0.139 e. The fourth-order valence-corrected chi connectivity index (χ4v) is 1.95. The van der Waals surface area contributed by atoms with Crippen LogP contribution in [0, 0.1) is 13.8 Å². The SMILES string of the molecule is Cc1noc(C)c1C(C)Nc1ccncc1N. The molecule has 0 fully saturated rings. The van der Waals surface area contributed by atoms with Crippen LogP contribution >= 0.6 is 0 Å². The highest BCUT2D eigenvalue weighted by Crippen LogP contribution is 2.26. The minimum Gasteiger partial charge on any atom is -0.396 e. The molecule has 0 aliphatic carbocycles. The van der Waals surface area contributed by atoms with E-state index >= 15 is 0 Å². The number of anilines is 2. The molecule has 3 N–H and O–H groups in total. The van der Waals surface area contributed by atoms with Crippen LogP contribution in [0.25, 0.3) is 0 Å². The van der Waals surface area contributed by atoms with Gasteiger partial charge < -0.3 is 15.6 Å². The third-order valence-electron chi connectivity index (χ3n) is 2.75. The van der Waals surface area contributed by atoms with Gasteiger partial charge in [-0.25, -0.2) is 0 Å². The van der Waals surface area contributed by atoms with Crippen LogP contribution in [-0.4, -0.2) is 10.1 Å². The first-order valence-electron chi connectivity index (χ1n) is 5.48. The van der Waals surface area contributed by atoms with E-state index in [4.69, 9.17) is 10.3 Å². The van der Waals surface area contributed by atoms with Gasteiger partial charge in [0, 0.05) is 11.8 Å². The predicted molar refractivity (Wildman–Crippen MR) is 66.7 cm³/mol. The summed E-state index contributed by atoms with van der Waals surface area (Å²) in [6, 6.07) is 1.94. The van der Waals surface area contributed by atoms with Crippen molar-refractivity contribution in [2.24, 2.45) is 0 Å². The number of nitrogen functional groups attached to an aromatic ring is 1. The predicted octanol–water partition coefficient (Wildman–Crippen LogP) is 2.44. The van der Waals surface area contributed by atoms with Crippen molar-refractivity contribution in [1.29, 1.82) is 0 Å². The maximum Gasteiger partial charge on any atom is 0.139 e. The van der Waals surface area contributed by atoms with Crippen molar-refractivity contribution in [1.82, 2.24) is 10.1 Å². The highest BCUT2D eigenvalue weighted by atomic mass is 16.5. The highest BCUT2D eigenvalue weighted by molar-refractivity contribution is 5.65. The molecule has 2 aromatic rings. The third kappa shape index (κ3) is 2.22. The van der Waals surface area contributed by atoms with Gasteiger partial charge in [-0.3, -0.25) is 4.98 Å². The van der Waals surface area contributed by atoms with Gasteiger partial charge in [-0.05, 0) is 26.8 Å². The summed E-state index contributed by atoms with van der Waals surface area (Å²) in [5.74, 6) is 0.829. The van der Waals surface area contributed by atoms with E-state index in [2.05, 4.69) is 15.5 Å². The normalized spacial score (nSPS) is 12.4. The quantitative estimate of drug-likeness (QED) is 0.849. The summed E-state index contributed by atoms with van der Waals surface area (Å²) in [6.07, 6.45) is 3.33. The monoisotopic (exact) mass is 232 g/mol. The number of nitrogens with one attached hydrogen (secondary N) is 1. The van der Waals surface area contributed by atoms with E-state index in [0.717, 1.165) is 22.7 Å². The van der Waals surface area contributed by atoms with Crippen LogP contribution in [0.4, 0.5) is 11.4 Å². The summed E-state index contributed by atoms with van der Waals surface area (Å²) in [5.41, 5.74) is 9.30. The Labute approximate surface area is 100 Å². The number of hydrogen-bond acceptors (Lipinski definition) is 5. The van der Waals surface area contributed by atoms with Crippen LogP contribution in [0.1, 0.15) is 30.0 Å². The molecule has 0 saturated carbocycles. The molecule has 17 heavy (non-hydrogen) atoms. The van der Waals surface area contributed by atoms with Gasteiger partial charge in [-0.2, -0.15) is 0 Å². The average molecular weight is 232 g/mol. The Hall–Kier alpha value is -2.04. The number of pyridine rings is 1. The minimum absolute atomic E-state index is 0.0888. The van der Waals surface area contributed by atoms with Crippen LogP contribution in [-0.2, 0) is 0 Å². The van der Waals surface area contributed by atoms with Gasteiger partial charge >= 0.3 is 0 Å². The molecule has 0 radical (unpaired) electrons. The van der Waals surface area contributed by atoms with Crippen LogP contribution in [0.3, 0.4) is 0 Å². The summed E-state index contributed by atoms with van der Waals surface area (Å²) < 4.78 is 5.15. The molecule has 5 nitrogen and oxygen atoms in total. The number of aromatic nitrogens is 2. The lowest BCUT2D eigenvalue weighted by atomic mass is 10.1. The van der Waals surface area contributed by atoms with Crippen molar-refractivity contribution in [3.05, 3.63) is 35.5 Å². The molecular weight excluding hydrogens is 216 g/mol. The lowest BCUT2D eigenvalue weighted by molar-refractivity contribution is 0.392. The van der Waals surface area contributed by atoms with E-state index in [1.54, 1.807) is 12.4 Å². The number of nitrogens with two attached hydrogens (primary N) is 1. The van der Waals surface area contributed by atoms with Gasteiger partial charge in [0.05, 0.1) is 29.3 Å². The number of aryl methyl sites for hydroxylation is 2. The second-order valence-corrected chi connectivity index (χ2v) is 4.07. The van der Waals surface area contributed by atoms with E-state index in [1.165, 1.54) is 0 Å². The van der Waals surface area contributed by atoms with Crippen molar-refractivity contribution in [2.45, 2.75) is 26.8 Å². The molecule has 0 spiro atoms. The van der Waals surface area contributed by atoms with Gasteiger partial charge in [0.1, 0.15) is 5.76 Å². The second kappa shape index (κ2) is 4.45.